The summed E-state index contributed by atoms with van der Waals surface area (Å²) in [5.74, 6) is 1.66. The maximum absolute atomic E-state index is 9.65. The van der Waals surface area contributed by atoms with Crippen LogP contribution in [-0.2, 0) is 6.42 Å². The summed E-state index contributed by atoms with van der Waals surface area (Å²) in [6.45, 7) is 4.51. The van der Waals surface area contributed by atoms with Gasteiger partial charge in [0.1, 0.15) is 5.82 Å². The van der Waals surface area contributed by atoms with Gasteiger partial charge in [-0.15, -0.1) is 0 Å². The van der Waals surface area contributed by atoms with Gasteiger partial charge in [0, 0.05) is 18.0 Å². The second kappa shape index (κ2) is 5.31. The molecule has 0 saturated heterocycles. The van der Waals surface area contributed by atoms with Crippen LogP contribution in [0.15, 0.2) is 0 Å². The minimum absolute atomic E-state index is 0.170. The van der Waals surface area contributed by atoms with Gasteiger partial charge in [-0.05, 0) is 31.6 Å². The molecule has 17 heavy (non-hydrogen) atoms. The van der Waals surface area contributed by atoms with Crippen molar-refractivity contribution >= 4 is 16.7 Å². The standard InChI is InChI=1S/C12H21N3OS/c1-3-10-13-11(17-15-10)14-12(8-16)6-4-9(2)5-7-12/h9,16H,3-8H2,1-2H3,(H,13,14,15). The summed E-state index contributed by atoms with van der Waals surface area (Å²) in [5, 5.41) is 13.9. The molecule has 96 valence electrons. The van der Waals surface area contributed by atoms with Crippen molar-refractivity contribution in [1.82, 2.24) is 9.36 Å². The van der Waals surface area contributed by atoms with Crippen LogP contribution in [-0.4, -0.2) is 26.6 Å². The molecule has 1 aliphatic carbocycles. The van der Waals surface area contributed by atoms with E-state index >= 15 is 0 Å². The fourth-order valence-electron chi connectivity index (χ4n) is 2.31. The zero-order valence-corrected chi connectivity index (χ0v) is 11.4. The number of aliphatic hydroxyl groups is 1. The molecule has 0 unspecified atom stereocenters. The number of hydrogen-bond acceptors (Lipinski definition) is 5. The van der Waals surface area contributed by atoms with Crippen LogP contribution in [0.5, 0.6) is 0 Å². The molecule has 0 aromatic carbocycles. The van der Waals surface area contributed by atoms with Crippen LogP contribution in [0.1, 0.15) is 45.4 Å². The highest BCUT2D eigenvalue weighted by Gasteiger charge is 2.34. The van der Waals surface area contributed by atoms with Crippen LogP contribution >= 0.6 is 11.5 Å². The predicted molar refractivity (Wildman–Crippen MR) is 70.4 cm³/mol. The Labute approximate surface area is 107 Å². The number of rotatable bonds is 4. The largest absolute Gasteiger partial charge is 0.394 e. The van der Waals surface area contributed by atoms with Crippen LogP contribution in [0.25, 0.3) is 0 Å². The normalized spacial score (nSPS) is 29.2. The third-order valence-corrected chi connectivity index (χ3v) is 4.36. The van der Waals surface area contributed by atoms with Gasteiger partial charge in [-0.1, -0.05) is 13.8 Å². The summed E-state index contributed by atoms with van der Waals surface area (Å²) in [6, 6.07) is 0. The maximum atomic E-state index is 9.65. The average molecular weight is 255 g/mol. The van der Waals surface area contributed by atoms with E-state index < -0.39 is 0 Å². The lowest BCUT2D eigenvalue weighted by atomic mass is 9.78. The van der Waals surface area contributed by atoms with Crippen molar-refractivity contribution in [2.24, 2.45) is 5.92 Å². The molecule has 4 nitrogen and oxygen atoms in total. The van der Waals surface area contributed by atoms with E-state index in [0.29, 0.717) is 0 Å². The first-order valence-corrected chi connectivity index (χ1v) is 7.16. The Hall–Kier alpha value is -0.680. The highest BCUT2D eigenvalue weighted by Crippen LogP contribution is 2.34. The summed E-state index contributed by atoms with van der Waals surface area (Å²) in [4.78, 5) is 4.42. The number of aromatic nitrogens is 2. The minimum atomic E-state index is -0.170. The van der Waals surface area contributed by atoms with Gasteiger partial charge in [-0.25, -0.2) is 4.98 Å². The summed E-state index contributed by atoms with van der Waals surface area (Å²) >= 11 is 1.40. The Morgan fingerprint density at radius 1 is 1.47 bits per heavy atom. The van der Waals surface area contributed by atoms with Gasteiger partial charge in [0.15, 0.2) is 0 Å². The second-order valence-electron chi connectivity index (χ2n) is 5.12. The first-order chi connectivity index (χ1) is 8.17. The molecule has 1 aromatic heterocycles. The molecular formula is C12H21N3OS. The van der Waals surface area contributed by atoms with Gasteiger partial charge in [0.25, 0.3) is 0 Å². The van der Waals surface area contributed by atoms with E-state index in [9.17, 15) is 5.11 Å². The van der Waals surface area contributed by atoms with Crippen molar-refractivity contribution in [1.29, 1.82) is 0 Å². The van der Waals surface area contributed by atoms with Crippen LogP contribution in [0.3, 0.4) is 0 Å². The number of nitrogens with one attached hydrogen (secondary N) is 1. The van der Waals surface area contributed by atoms with E-state index in [1.165, 1.54) is 24.4 Å². The lowest BCUT2D eigenvalue weighted by Gasteiger charge is -2.38. The highest BCUT2D eigenvalue weighted by atomic mass is 32.1. The molecule has 0 aliphatic heterocycles. The molecule has 0 amide bonds. The van der Waals surface area contributed by atoms with Crippen LogP contribution in [0.4, 0.5) is 5.13 Å². The zero-order chi connectivity index (χ0) is 12.3. The Bertz CT molecular complexity index is 358. The van der Waals surface area contributed by atoms with Gasteiger partial charge in [0.2, 0.25) is 5.13 Å². The predicted octanol–water partition coefficient (Wildman–Crippen LogP) is 2.45. The second-order valence-corrected chi connectivity index (χ2v) is 5.87. The third-order valence-electron chi connectivity index (χ3n) is 3.69. The molecule has 2 rings (SSSR count). The topological polar surface area (TPSA) is 58.0 Å². The smallest absolute Gasteiger partial charge is 0.203 e. The van der Waals surface area contributed by atoms with Gasteiger partial charge in [-0.3, -0.25) is 0 Å². The number of aryl methyl sites for hydroxylation is 1. The maximum Gasteiger partial charge on any atom is 0.203 e. The van der Waals surface area contributed by atoms with E-state index in [4.69, 9.17) is 0 Å². The van der Waals surface area contributed by atoms with Gasteiger partial charge in [-0.2, -0.15) is 4.37 Å². The van der Waals surface area contributed by atoms with Crippen molar-refractivity contribution in [3.05, 3.63) is 5.82 Å². The Morgan fingerprint density at radius 2 is 2.18 bits per heavy atom. The molecule has 1 aliphatic rings. The summed E-state index contributed by atoms with van der Waals surface area (Å²) < 4.78 is 4.27. The van der Waals surface area contributed by atoms with E-state index in [-0.39, 0.29) is 12.1 Å². The van der Waals surface area contributed by atoms with Crippen molar-refractivity contribution in [2.45, 2.75) is 51.5 Å². The third kappa shape index (κ3) is 2.96. The van der Waals surface area contributed by atoms with E-state index in [2.05, 4.69) is 28.5 Å². The number of hydrogen-bond donors (Lipinski definition) is 2. The summed E-state index contributed by atoms with van der Waals surface area (Å²) in [5.41, 5.74) is -0.170. The average Bonchev–Trinajstić information content (AvgIpc) is 2.80. The van der Waals surface area contributed by atoms with Crippen molar-refractivity contribution in [3.63, 3.8) is 0 Å². The molecule has 0 spiro atoms. The highest BCUT2D eigenvalue weighted by molar-refractivity contribution is 7.09. The molecule has 1 fully saturated rings. The molecule has 1 saturated carbocycles. The molecule has 0 bridgehead atoms. The van der Waals surface area contributed by atoms with Gasteiger partial charge < -0.3 is 10.4 Å². The fraction of sp³-hybridized carbons (Fsp3) is 0.833. The molecule has 0 atom stereocenters. The Balaban J connectivity index is 2.03. The van der Waals surface area contributed by atoms with Crippen molar-refractivity contribution in [3.8, 4) is 0 Å². The van der Waals surface area contributed by atoms with Crippen LogP contribution in [0, 0.1) is 5.92 Å². The Morgan fingerprint density at radius 3 is 2.71 bits per heavy atom. The number of aliphatic hydroxyl groups excluding tert-OH is 1. The lowest BCUT2D eigenvalue weighted by Crippen LogP contribution is -2.45. The summed E-state index contributed by atoms with van der Waals surface area (Å²) in [6.07, 6.45) is 5.25. The van der Waals surface area contributed by atoms with Gasteiger partial charge in [0.05, 0.1) is 12.1 Å². The fourth-order valence-corrected chi connectivity index (χ4v) is 3.08. The first kappa shape index (κ1) is 12.8. The lowest BCUT2D eigenvalue weighted by molar-refractivity contribution is 0.155. The molecule has 1 heterocycles. The number of anilines is 1. The SMILES string of the molecule is CCc1nsc(NC2(CO)CCC(C)CC2)n1. The van der Waals surface area contributed by atoms with Crippen LogP contribution < -0.4 is 5.32 Å². The first-order valence-electron chi connectivity index (χ1n) is 6.39. The number of nitrogens with zero attached hydrogens (tertiary/aromatic N) is 2. The Kier molecular flexibility index (Phi) is 3.99. The van der Waals surface area contributed by atoms with E-state index in [0.717, 1.165) is 36.1 Å². The van der Waals surface area contributed by atoms with E-state index in [1.807, 2.05) is 0 Å². The van der Waals surface area contributed by atoms with Crippen molar-refractivity contribution in [2.75, 3.05) is 11.9 Å². The van der Waals surface area contributed by atoms with E-state index in [1.54, 1.807) is 0 Å². The minimum Gasteiger partial charge on any atom is -0.394 e. The molecular weight excluding hydrogens is 234 g/mol. The quantitative estimate of drug-likeness (QED) is 0.867. The zero-order valence-electron chi connectivity index (χ0n) is 10.6. The monoisotopic (exact) mass is 255 g/mol. The van der Waals surface area contributed by atoms with Crippen molar-refractivity contribution < 1.29 is 5.11 Å². The molecule has 1 aromatic rings. The molecule has 0 radical (unpaired) electrons. The van der Waals surface area contributed by atoms with Crippen LogP contribution in [0.2, 0.25) is 0 Å². The molecule has 5 heteroatoms. The summed E-state index contributed by atoms with van der Waals surface area (Å²) in [7, 11) is 0. The molecule has 2 N–H and O–H groups in total. The van der Waals surface area contributed by atoms with Gasteiger partial charge >= 0.3 is 0 Å².